The summed E-state index contributed by atoms with van der Waals surface area (Å²) in [7, 11) is -3.56. The minimum Gasteiger partial charge on any atom is -0.479 e. The third kappa shape index (κ3) is 3.30. The maximum Gasteiger partial charge on any atom is 0.334 e. The van der Waals surface area contributed by atoms with Crippen LogP contribution in [0, 0.1) is 5.92 Å². The van der Waals surface area contributed by atoms with Crippen LogP contribution < -0.4 is 0 Å². The minimum absolute atomic E-state index is 0.106. The molecule has 1 N–H and O–H groups in total. The Bertz CT molecular complexity index is 445. The normalized spacial score (nSPS) is 27.6. The summed E-state index contributed by atoms with van der Waals surface area (Å²) in [6.07, 6.45) is 1.77. The molecule has 20 heavy (non-hydrogen) atoms. The molecule has 2 aliphatic rings. The summed E-state index contributed by atoms with van der Waals surface area (Å²) in [5, 5.41) is 8.94. The summed E-state index contributed by atoms with van der Waals surface area (Å²) in [6, 6.07) is 0. The van der Waals surface area contributed by atoms with Crippen LogP contribution in [0.5, 0.6) is 0 Å². The minimum atomic E-state index is -3.56. The number of carboxylic acids is 1. The first-order valence-electron chi connectivity index (χ1n) is 7.04. The fourth-order valence-electron chi connectivity index (χ4n) is 2.70. The third-order valence-corrected chi connectivity index (χ3v) is 6.11. The molecule has 1 atom stereocenters. The zero-order valence-electron chi connectivity index (χ0n) is 11.7. The third-order valence-electron chi connectivity index (χ3n) is 4.11. The molecule has 2 saturated heterocycles. The van der Waals surface area contributed by atoms with E-state index in [4.69, 9.17) is 9.84 Å². The van der Waals surface area contributed by atoms with Gasteiger partial charge in [0.2, 0.25) is 0 Å². The standard InChI is InChI=1S/C12H22N2O5S/c1-2-10-3-5-13(6-4-10)20(17,18)14-7-8-19-11(9-14)12(15)16/h10-11H,2-9H2,1H3,(H,15,16). The average molecular weight is 306 g/mol. The van der Waals surface area contributed by atoms with Gasteiger partial charge in [-0.05, 0) is 18.8 Å². The Balaban J connectivity index is 2.01. The molecule has 0 aromatic heterocycles. The van der Waals surface area contributed by atoms with Crippen molar-refractivity contribution in [2.75, 3.05) is 32.8 Å². The zero-order chi connectivity index (χ0) is 14.8. The van der Waals surface area contributed by atoms with Crippen LogP contribution in [0.15, 0.2) is 0 Å². The molecule has 2 fully saturated rings. The summed E-state index contributed by atoms with van der Waals surface area (Å²) in [5.41, 5.74) is 0. The van der Waals surface area contributed by atoms with Gasteiger partial charge in [0.05, 0.1) is 13.2 Å². The first-order valence-corrected chi connectivity index (χ1v) is 8.44. The number of hydrogen-bond donors (Lipinski definition) is 1. The molecule has 0 spiro atoms. The van der Waals surface area contributed by atoms with Crippen LogP contribution >= 0.6 is 0 Å². The Morgan fingerprint density at radius 1 is 1.25 bits per heavy atom. The van der Waals surface area contributed by atoms with Crippen LogP contribution in [0.4, 0.5) is 0 Å². The Morgan fingerprint density at radius 2 is 1.90 bits per heavy atom. The second-order valence-corrected chi connectivity index (χ2v) is 7.24. The van der Waals surface area contributed by atoms with Crippen LogP contribution in [-0.4, -0.2) is 67.0 Å². The van der Waals surface area contributed by atoms with Crippen molar-refractivity contribution in [2.24, 2.45) is 5.92 Å². The van der Waals surface area contributed by atoms with Crippen molar-refractivity contribution in [2.45, 2.75) is 32.3 Å². The highest BCUT2D eigenvalue weighted by Gasteiger charge is 2.37. The maximum absolute atomic E-state index is 12.5. The lowest BCUT2D eigenvalue weighted by Gasteiger charge is -2.37. The summed E-state index contributed by atoms with van der Waals surface area (Å²) in [6.45, 7) is 3.41. The second kappa shape index (κ2) is 6.38. The summed E-state index contributed by atoms with van der Waals surface area (Å²) >= 11 is 0. The Labute approximate surface area is 119 Å². The highest BCUT2D eigenvalue weighted by atomic mass is 32.2. The Morgan fingerprint density at radius 3 is 2.45 bits per heavy atom. The van der Waals surface area contributed by atoms with Gasteiger partial charge in [-0.3, -0.25) is 0 Å². The predicted molar refractivity (Wildman–Crippen MR) is 72.5 cm³/mol. The monoisotopic (exact) mass is 306 g/mol. The molecule has 2 heterocycles. The van der Waals surface area contributed by atoms with Gasteiger partial charge in [-0.25, -0.2) is 4.79 Å². The fourth-order valence-corrected chi connectivity index (χ4v) is 4.32. The first kappa shape index (κ1) is 15.7. The maximum atomic E-state index is 12.5. The van der Waals surface area contributed by atoms with Crippen LogP contribution in [-0.2, 0) is 19.7 Å². The second-order valence-electron chi connectivity index (χ2n) is 5.31. The van der Waals surface area contributed by atoms with E-state index in [1.54, 1.807) is 0 Å². The van der Waals surface area contributed by atoms with E-state index in [1.165, 1.54) is 8.61 Å². The van der Waals surface area contributed by atoms with E-state index < -0.39 is 22.3 Å². The molecule has 2 rings (SSSR count). The van der Waals surface area contributed by atoms with E-state index in [9.17, 15) is 13.2 Å². The van der Waals surface area contributed by atoms with Crippen LogP contribution in [0.25, 0.3) is 0 Å². The van der Waals surface area contributed by atoms with Gasteiger partial charge in [0.15, 0.2) is 6.10 Å². The number of piperidine rings is 1. The average Bonchev–Trinajstić information content (AvgIpc) is 2.47. The van der Waals surface area contributed by atoms with Gasteiger partial charge in [-0.1, -0.05) is 13.3 Å². The van der Waals surface area contributed by atoms with Gasteiger partial charge < -0.3 is 9.84 Å². The molecule has 7 nitrogen and oxygen atoms in total. The van der Waals surface area contributed by atoms with Gasteiger partial charge in [0, 0.05) is 19.6 Å². The quantitative estimate of drug-likeness (QED) is 0.798. The number of rotatable bonds is 4. The van der Waals surface area contributed by atoms with Crippen molar-refractivity contribution >= 4 is 16.2 Å². The largest absolute Gasteiger partial charge is 0.479 e. The number of aliphatic carboxylic acids is 1. The van der Waals surface area contributed by atoms with Gasteiger partial charge in [0.1, 0.15) is 0 Å². The number of hydrogen-bond acceptors (Lipinski definition) is 4. The van der Waals surface area contributed by atoms with Gasteiger partial charge in [0.25, 0.3) is 10.2 Å². The van der Waals surface area contributed by atoms with E-state index >= 15 is 0 Å². The van der Waals surface area contributed by atoms with Crippen molar-refractivity contribution in [1.29, 1.82) is 0 Å². The van der Waals surface area contributed by atoms with E-state index in [2.05, 4.69) is 6.92 Å². The number of ether oxygens (including phenoxy) is 1. The first-order chi connectivity index (χ1) is 9.45. The molecular weight excluding hydrogens is 284 g/mol. The van der Waals surface area contributed by atoms with E-state index in [-0.39, 0.29) is 19.7 Å². The van der Waals surface area contributed by atoms with Crippen LogP contribution in [0.1, 0.15) is 26.2 Å². The van der Waals surface area contributed by atoms with E-state index in [1.807, 2.05) is 0 Å². The van der Waals surface area contributed by atoms with Crippen molar-refractivity contribution in [3.05, 3.63) is 0 Å². The van der Waals surface area contributed by atoms with E-state index in [0.29, 0.717) is 19.0 Å². The Kier molecular flexibility index (Phi) is 5.00. The summed E-state index contributed by atoms with van der Waals surface area (Å²) in [4.78, 5) is 10.9. The SMILES string of the molecule is CCC1CCN(S(=O)(=O)N2CCOC(C(=O)O)C2)CC1. The highest BCUT2D eigenvalue weighted by molar-refractivity contribution is 7.86. The molecule has 0 aliphatic carbocycles. The smallest absolute Gasteiger partial charge is 0.334 e. The molecule has 1 unspecified atom stereocenters. The van der Waals surface area contributed by atoms with E-state index in [0.717, 1.165) is 19.3 Å². The van der Waals surface area contributed by atoms with Gasteiger partial charge >= 0.3 is 5.97 Å². The number of carboxylic acid groups (broad SMARTS) is 1. The molecule has 116 valence electrons. The van der Waals surface area contributed by atoms with Crippen molar-refractivity contribution < 1.29 is 23.1 Å². The lowest BCUT2D eigenvalue weighted by molar-refractivity contribution is -0.153. The topological polar surface area (TPSA) is 87.2 Å². The molecule has 0 bridgehead atoms. The van der Waals surface area contributed by atoms with Crippen molar-refractivity contribution in [1.82, 2.24) is 8.61 Å². The number of carbonyl (C=O) groups is 1. The predicted octanol–water partition coefficient (Wildman–Crippen LogP) is 0.139. The fraction of sp³-hybridized carbons (Fsp3) is 0.917. The van der Waals surface area contributed by atoms with Crippen LogP contribution in [0.3, 0.4) is 0 Å². The molecular formula is C12H22N2O5S. The highest BCUT2D eigenvalue weighted by Crippen LogP contribution is 2.24. The van der Waals surface area contributed by atoms with Gasteiger partial charge in [-0.15, -0.1) is 0 Å². The Hall–Kier alpha value is -0.700. The summed E-state index contributed by atoms with van der Waals surface area (Å²) in [5.74, 6) is -0.521. The number of nitrogens with zero attached hydrogens (tertiary/aromatic N) is 2. The molecule has 2 aliphatic heterocycles. The molecule has 0 amide bonds. The molecule has 0 saturated carbocycles. The van der Waals surface area contributed by atoms with Gasteiger partial charge in [-0.2, -0.15) is 17.0 Å². The molecule has 0 radical (unpaired) electrons. The van der Waals surface area contributed by atoms with Crippen molar-refractivity contribution in [3.63, 3.8) is 0 Å². The lowest BCUT2D eigenvalue weighted by atomic mass is 9.96. The zero-order valence-corrected chi connectivity index (χ0v) is 12.5. The lowest BCUT2D eigenvalue weighted by Crippen LogP contribution is -2.54. The van der Waals surface area contributed by atoms with Crippen LogP contribution in [0.2, 0.25) is 0 Å². The molecule has 0 aromatic carbocycles. The molecule has 8 heteroatoms. The number of morpholine rings is 1. The molecule has 0 aromatic rings. The van der Waals surface area contributed by atoms with Crippen molar-refractivity contribution in [3.8, 4) is 0 Å². The summed E-state index contributed by atoms with van der Waals surface area (Å²) < 4.78 is 32.8.